The van der Waals surface area contributed by atoms with E-state index < -0.39 is 6.61 Å². The Balaban J connectivity index is 1.75. The second-order valence-corrected chi connectivity index (χ2v) is 7.05. The Morgan fingerprint density at radius 3 is 2.50 bits per heavy atom. The first-order valence-corrected chi connectivity index (χ1v) is 10.1. The maximum atomic E-state index is 12.6. The SMILES string of the molecule is CCOc1cc(CN(C)C(C)c2nc(N)nc(Nc3ccccc3)n2)ccc1OC(F)F. The number of alkyl halides is 2. The smallest absolute Gasteiger partial charge is 0.387 e. The Hall–Kier alpha value is -3.53. The largest absolute Gasteiger partial charge is 0.490 e. The molecule has 0 bridgehead atoms. The Labute approximate surface area is 185 Å². The molecule has 2 aromatic carbocycles. The van der Waals surface area contributed by atoms with Gasteiger partial charge in [-0.05, 0) is 50.7 Å². The van der Waals surface area contributed by atoms with Crippen LogP contribution < -0.4 is 20.5 Å². The van der Waals surface area contributed by atoms with Crippen LogP contribution in [-0.2, 0) is 6.54 Å². The lowest BCUT2D eigenvalue weighted by atomic mass is 10.1. The number of hydrogen-bond donors (Lipinski definition) is 2. The van der Waals surface area contributed by atoms with E-state index in [1.165, 1.54) is 6.07 Å². The summed E-state index contributed by atoms with van der Waals surface area (Å²) in [7, 11) is 1.90. The van der Waals surface area contributed by atoms with Crippen LogP contribution in [-0.4, -0.2) is 40.1 Å². The van der Waals surface area contributed by atoms with Crippen LogP contribution in [0.2, 0.25) is 0 Å². The second kappa shape index (κ2) is 10.7. The number of anilines is 3. The molecule has 0 amide bonds. The van der Waals surface area contributed by atoms with E-state index in [0.717, 1.165) is 11.3 Å². The van der Waals surface area contributed by atoms with Crippen molar-refractivity contribution in [1.29, 1.82) is 0 Å². The number of aromatic nitrogens is 3. The zero-order chi connectivity index (χ0) is 23.1. The van der Waals surface area contributed by atoms with Gasteiger partial charge >= 0.3 is 6.61 Å². The molecule has 32 heavy (non-hydrogen) atoms. The zero-order valence-corrected chi connectivity index (χ0v) is 18.1. The summed E-state index contributed by atoms with van der Waals surface area (Å²) in [4.78, 5) is 14.9. The summed E-state index contributed by atoms with van der Waals surface area (Å²) >= 11 is 0. The molecule has 0 aliphatic rings. The lowest BCUT2D eigenvalue weighted by Crippen LogP contribution is -2.24. The molecular formula is C22H26F2N6O2. The topological polar surface area (TPSA) is 98.4 Å². The number of rotatable bonds is 10. The van der Waals surface area contributed by atoms with Gasteiger partial charge in [0.15, 0.2) is 17.3 Å². The number of ether oxygens (including phenoxy) is 2. The van der Waals surface area contributed by atoms with Gasteiger partial charge in [0.2, 0.25) is 11.9 Å². The summed E-state index contributed by atoms with van der Waals surface area (Å²) in [5.74, 6) is 1.24. The molecule has 1 heterocycles. The summed E-state index contributed by atoms with van der Waals surface area (Å²) in [6.45, 7) is 1.62. The molecule has 0 spiro atoms. The van der Waals surface area contributed by atoms with Crippen molar-refractivity contribution in [3.63, 3.8) is 0 Å². The fraction of sp³-hybridized carbons (Fsp3) is 0.318. The highest BCUT2D eigenvalue weighted by molar-refractivity contribution is 5.53. The Morgan fingerprint density at radius 2 is 1.81 bits per heavy atom. The monoisotopic (exact) mass is 444 g/mol. The average Bonchev–Trinajstić information content (AvgIpc) is 2.75. The minimum Gasteiger partial charge on any atom is -0.490 e. The van der Waals surface area contributed by atoms with E-state index in [2.05, 4.69) is 25.0 Å². The molecule has 8 nitrogen and oxygen atoms in total. The molecule has 0 aliphatic carbocycles. The second-order valence-electron chi connectivity index (χ2n) is 7.05. The fourth-order valence-corrected chi connectivity index (χ4v) is 3.04. The van der Waals surface area contributed by atoms with Gasteiger partial charge in [-0.3, -0.25) is 4.90 Å². The lowest BCUT2D eigenvalue weighted by molar-refractivity contribution is -0.0514. The van der Waals surface area contributed by atoms with Crippen molar-refractivity contribution in [2.75, 3.05) is 24.7 Å². The first-order valence-electron chi connectivity index (χ1n) is 10.1. The van der Waals surface area contributed by atoms with Crippen molar-refractivity contribution in [2.45, 2.75) is 33.0 Å². The number of hydrogen-bond acceptors (Lipinski definition) is 8. The van der Waals surface area contributed by atoms with Crippen LogP contribution >= 0.6 is 0 Å². The molecule has 1 atom stereocenters. The van der Waals surface area contributed by atoms with E-state index in [9.17, 15) is 8.78 Å². The van der Waals surface area contributed by atoms with Crippen LogP contribution in [0.25, 0.3) is 0 Å². The molecular weight excluding hydrogens is 418 g/mol. The summed E-state index contributed by atoms with van der Waals surface area (Å²) in [5, 5.41) is 3.12. The normalized spacial score (nSPS) is 12.1. The quantitative estimate of drug-likeness (QED) is 0.475. The highest BCUT2D eigenvalue weighted by atomic mass is 19.3. The summed E-state index contributed by atoms with van der Waals surface area (Å²) in [5.41, 5.74) is 7.59. The van der Waals surface area contributed by atoms with Crippen LogP contribution in [0.5, 0.6) is 11.5 Å². The average molecular weight is 444 g/mol. The van der Waals surface area contributed by atoms with Gasteiger partial charge in [-0.1, -0.05) is 24.3 Å². The van der Waals surface area contributed by atoms with Crippen molar-refractivity contribution >= 4 is 17.6 Å². The Bertz CT molecular complexity index is 1020. The molecule has 10 heteroatoms. The molecule has 0 saturated heterocycles. The molecule has 0 radical (unpaired) electrons. The van der Waals surface area contributed by atoms with Gasteiger partial charge < -0.3 is 20.5 Å². The first kappa shape index (κ1) is 23.1. The zero-order valence-electron chi connectivity index (χ0n) is 18.1. The Morgan fingerprint density at radius 1 is 1.06 bits per heavy atom. The van der Waals surface area contributed by atoms with Gasteiger partial charge in [-0.2, -0.15) is 23.7 Å². The highest BCUT2D eigenvalue weighted by Crippen LogP contribution is 2.31. The van der Waals surface area contributed by atoms with Gasteiger partial charge in [-0.15, -0.1) is 0 Å². The van der Waals surface area contributed by atoms with E-state index in [1.54, 1.807) is 19.1 Å². The third kappa shape index (κ3) is 6.24. The molecule has 3 N–H and O–H groups in total. The van der Waals surface area contributed by atoms with Gasteiger partial charge in [0, 0.05) is 12.2 Å². The van der Waals surface area contributed by atoms with E-state index in [-0.39, 0.29) is 23.5 Å². The highest BCUT2D eigenvalue weighted by Gasteiger charge is 2.19. The number of nitrogens with two attached hydrogens (primary N) is 1. The van der Waals surface area contributed by atoms with Gasteiger partial charge in [-0.25, -0.2) is 0 Å². The van der Waals surface area contributed by atoms with Crippen LogP contribution in [0.15, 0.2) is 48.5 Å². The molecule has 1 aromatic heterocycles. The molecule has 3 aromatic rings. The standard InChI is InChI=1S/C22H26F2N6O2/c1-4-31-18-12-15(10-11-17(18)32-20(23)24)13-30(3)14(2)19-27-21(25)29-22(28-19)26-16-8-6-5-7-9-16/h5-12,14,20H,4,13H2,1-3H3,(H3,25,26,27,28,29). The molecule has 0 saturated carbocycles. The predicted octanol–water partition coefficient (Wildman–Crippen LogP) is 4.39. The molecule has 0 aliphatic heterocycles. The van der Waals surface area contributed by atoms with Gasteiger partial charge in [0.25, 0.3) is 0 Å². The van der Waals surface area contributed by atoms with Crippen molar-refractivity contribution in [3.05, 3.63) is 59.9 Å². The number of para-hydroxylation sites is 1. The fourth-order valence-electron chi connectivity index (χ4n) is 3.04. The first-order chi connectivity index (χ1) is 15.4. The lowest BCUT2D eigenvalue weighted by Gasteiger charge is -2.24. The maximum Gasteiger partial charge on any atom is 0.387 e. The summed E-state index contributed by atoms with van der Waals surface area (Å²) in [6, 6.07) is 14.2. The van der Waals surface area contributed by atoms with Gasteiger partial charge in [0.1, 0.15) is 0 Å². The molecule has 1 unspecified atom stereocenters. The van der Waals surface area contributed by atoms with E-state index in [4.69, 9.17) is 10.5 Å². The van der Waals surface area contributed by atoms with E-state index >= 15 is 0 Å². The van der Waals surface area contributed by atoms with Crippen LogP contribution in [0, 0.1) is 0 Å². The number of benzene rings is 2. The third-order valence-electron chi connectivity index (χ3n) is 4.69. The van der Waals surface area contributed by atoms with E-state index in [0.29, 0.717) is 24.9 Å². The van der Waals surface area contributed by atoms with Crippen molar-refractivity contribution in [2.24, 2.45) is 0 Å². The third-order valence-corrected chi connectivity index (χ3v) is 4.69. The molecule has 170 valence electrons. The molecule has 0 fully saturated rings. The van der Waals surface area contributed by atoms with Crippen LogP contribution in [0.1, 0.15) is 31.3 Å². The number of halogens is 2. The van der Waals surface area contributed by atoms with E-state index in [1.807, 2.05) is 49.2 Å². The number of nitrogen functional groups attached to an aromatic ring is 1. The van der Waals surface area contributed by atoms with Crippen molar-refractivity contribution in [1.82, 2.24) is 19.9 Å². The minimum absolute atomic E-state index is 0.00294. The number of nitrogens with zero attached hydrogens (tertiary/aromatic N) is 4. The van der Waals surface area contributed by atoms with Crippen molar-refractivity contribution < 1.29 is 18.3 Å². The van der Waals surface area contributed by atoms with Crippen LogP contribution in [0.3, 0.4) is 0 Å². The Kier molecular flexibility index (Phi) is 7.72. The number of nitrogens with one attached hydrogen (secondary N) is 1. The summed E-state index contributed by atoms with van der Waals surface area (Å²) < 4.78 is 35.2. The maximum absolute atomic E-state index is 12.6. The minimum atomic E-state index is -2.92. The predicted molar refractivity (Wildman–Crippen MR) is 118 cm³/mol. The van der Waals surface area contributed by atoms with Crippen molar-refractivity contribution in [3.8, 4) is 11.5 Å². The van der Waals surface area contributed by atoms with Gasteiger partial charge in [0.05, 0.1) is 12.6 Å². The van der Waals surface area contributed by atoms with Crippen LogP contribution in [0.4, 0.5) is 26.4 Å². The molecule has 3 rings (SSSR count). The summed E-state index contributed by atoms with van der Waals surface area (Å²) in [6.07, 6.45) is 0.